The van der Waals surface area contributed by atoms with E-state index in [4.69, 9.17) is 0 Å². The summed E-state index contributed by atoms with van der Waals surface area (Å²) >= 11 is 4.41. The van der Waals surface area contributed by atoms with E-state index in [9.17, 15) is 13.5 Å². The highest BCUT2D eigenvalue weighted by Crippen LogP contribution is 2.37. The Morgan fingerprint density at radius 2 is 2.11 bits per heavy atom. The fourth-order valence-electron chi connectivity index (χ4n) is 2.30. The van der Waals surface area contributed by atoms with Gasteiger partial charge in [-0.2, -0.15) is 0 Å². The smallest absolute Gasteiger partial charge is 0.251 e. The van der Waals surface area contributed by atoms with Gasteiger partial charge in [0.15, 0.2) is 0 Å². The standard InChI is InChI=1S/C11H16BrNO3S2/c12-9-3-6-17-10(9)18(15,16)13-7-11(8-14)4-1-2-5-11/h3,6,13-14H,1-2,4-5,7-8H2. The molecule has 0 aromatic carbocycles. The molecule has 0 amide bonds. The van der Waals surface area contributed by atoms with Crippen LogP contribution in [0.2, 0.25) is 0 Å². The van der Waals surface area contributed by atoms with Crippen LogP contribution in [0, 0.1) is 5.41 Å². The molecule has 1 heterocycles. The van der Waals surface area contributed by atoms with E-state index in [1.807, 2.05) is 0 Å². The van der Waals surface area contributed by atoms with Crippen molar-refractivity contribution >= 4 is 37.3 Å². The lowest BCUT2D eigenvalue weighted by Gasteiger charge is -2.26. The molecular formula is C11H16BrNO3S2. The van der Waals surface area contributed by atoms with E-state index >= 15 is 0 Å². The highest BCUT2D eigenvalue weighted by molar-refractivity contribution is 9.10. The van der Waals surface area contributed by atoms with Gasteiger partial charge in [-0.05, 0) is 40.2 Å². The molecule has 4 nitrogen and oxygen atoms in total. The van der Waals surface area contributed by atoms with E-state index in [1.165, 1.54) is 11.3 Å². The molecule has 18 heavy (non-hydrogen) atoms. The second-order valence-electron chi connectivity index (χ2n) is 4.75. The van der Waals surface area contributed by atoms with E-state index in [1.54, 1.807) is 11.4 Å². The lowest BCUT2D eigenvalue weighted by Crippen LogP contribution is -2.38. The van der Waals surface area contributed by atoms with Gasteiger partial charge in [-0.3, -0.25) is 0 Å². The average Bonchev–Trinajstić information content (AvgIpc) is 2.96. The molecule has 0 spiro atoms. The summed E-state index contributed by atoms with van der Waals surface area (Å²) in [7, 11) is -3.47. The summed E-state index contributed by atoms with van der Waals surface area (Å²) in [6.45, 7) is 0.358. The van der Waals surface area contributed by atoms with Crippen LogP contribution in [-0.2, 0) is 10.0 Å². The molecule has 0 atom stereocenters. The van der Waals surface area contributed by atoms with Gasteiger partial charge in [-0.25, -0.2) is 13.1 Å². The van der Waals surface area contributed by atoms with Crippen molar-refractivity contribution in [2.24, 2.45) is 5.41 Å². The number of hydrogen-bond donors (Lipinski definition) is 2. The number of hydrogen-bond acceptors (Lipinski definition) is 4. The van der Waals surface area contributed by atoms with Crippen LogP contribution >= 0.6 is 27.3 Å². The number of thiophene rings is 1. The molecule has 1 aliphatic rings. The third-order valence-corrected chi connectivity index (χ3v) is 7.54. The van der Waals surface area contributed by atoms with Crippen molar-refractivity contribution in [2.45, 2.75) is 29.9 Å². The Morgan fingerprint density at radius 3 is 2.61 bits per heavy atom. The quantitative estimate of drug-likeness (QED) is 0.853. The first-order valence-electron chi connectivity index (χ1n) is 5.83. The number of sulfonamides is 1. The van der Waals surface area contributed by atoms with Crippen molar-refractivity contribution in [3.63, 3.8) is 0 Å². The molecule has 1 aromatic rings. The molecule has 7 heteroatoms. The first-order valence-corrected chi connectivity index (χ1v) is 8.98. The van der Waals surface area contributed by atoms with Gasteiger partial charge in [0.25, 0.3) is 10.0 Å². The summed E-state index contributed by atoms with van der Waals surface area (Å²) in [6, 6.07) is 1.72. The van der Waals surface area contributed by atoms with Crippen LogP contribution in [0.15, 0.2) is 20.1 Å². The van der Waals surface area contributed by atoms with E-state index in [2.05, 4.69) is 20.7 Å². The highest BCUT2D eigenvalue weighted by atomic mass is 79.9. The number of rotatable bonds is 5. The number of aliphatic hydroxyl groups is 1. The molecule has 0 bridgehead atoms. The third-order valence-electron chi connectivity index (χ3n) is 3.47. The summed E-state index contributed by atoms with van der Waals surface area (Å²) in [4.78, 5) is 0. The minimum atomic E-state index is -3.47. The van der Waals surface area contributed by atoms with Crippen LogP contribution in [0.3, 0.4) is 0 Å². The molecule has 2 N–H and O–H groups in total. The molecule has 0 unspecified atom stereocenters. The maximum atomic E-state index is 12.1. The zero-order chi connectivity index (χ0) is 13.2. The number of halogens is 1. The second kappa shape index (κ2) is 5.58. The third kappa shape index (κ3) is 2.96. The fraction of sp³-hybridized carbons (Fsp3) is 0.636. The largest absolute Gasteiger partial charge is 0.396 e. The van der Waals surface area contributed by atoms with Gasteiger partial charge in [-0.1, -0.05) is 12.8 Å². The number of nitrogens with one attached hydrogen (secondary N) is 1. The van der Waals surface area contributed by atoms with Crippen molar-refractivity contribution in [3.8, 4) is 0 Å². The van der Waals surface area contributed by atoms with Crippen molar-refractivity contribution < 1.29 is 13.5 Å². The Morgan fingerprint density at radius 1 is 1.44 bits per heavy atom. The minimum Gasteiger partial charge on any atom is -0.396 e. The van der Waals surface area contributed by atoms with Crippen LogP contribution in [0.5, 0.6) is 0 Å². The Bertz CT molecular complexity index is 506. The summed E-state index contributed by atoms with van der Waals surface area (Å²) in [5.74, 6) is 0. The van der Waals surface area contributed by atoms with E-state index in [0.29, 0.717) is 15.2 Å². The summed E-state index contributed by atoms with van der Waals surface area (Å²) in [6.07, 6.45) is 3.89. The highest BCUT2D eigenvalue weighted by Gasteiger charge is 2.34. The Labute approximate surface area is 120 Å². The van der Waals surface area contributed by atoms with Gasteiger partial charge in [-0.15, -0.1) is 11.3 Å². The van der Waals surface area contributed by atoms with E-state index in [-0.39, 0.29) is 12.0 Å². The first-order chi connectivity index (χ1) is 8.49. The Hall–Kier alpha value is 0.0500. The predicted octanol–water partition coefficient (Wildman–Crippen LogP) is 2.34. The maximum Gasteiger partial charge on any atom is 0.251 e. The molecule has 0 aliphatic heterocycles. The van der Waals surface area contributed by atoms with Gasteiger partial charge in [0, 0.05) is 23.0 Å². The number of aliphatic hydroxyl groups excluding tert-OH is 1. The summed E-state index contributed by atoms with van der Waals surface area (Å²) in [5, 5.41) is 11.2. The van der Waals surface area contributed by atoms with Crippen molar-refractivity contribution in [3.05, 3.63) is 15.9 Å². The molecule has 1 aromatic heterocycles. The van der Waals surface area contributed by atoms with Gasteiger partial charge >= 0.3 is 0 Å². The molecule has 1 fully saturated rings. The van der Waals surface area contributed by atoms with E-state index < -0.39 is 10.0 Å². The van der Waals surface area contributed by atoms with Crippen molar-refractivity contribution in [1.29, 1.82) is 0 Å². The van der Waals surface area contributed by atoms with E-state index in [0.717, 1.165) is 25.7 Å². The van der Waals surface area contributed by atoms with Gasteiger partial charge in [0.2, 0.25) is 0 Å². The molecule has 102 valence electrons. The van der Waals surface area contributed by atoms with Gasteiger partial charge < -0.3 is 5.11 Å². The average molecular weight is 354 g/mol. The fourth-order valence-corrected chi connectivity index (χ4v) is 5.84. The molecule has 2 rings (SSSR count). The normalized spacial score (nSPS) is 19.2. The first kappa shape index (κ1) is 14.5. The van der Waals surface area contributed by atoms with Gasteiger partial charge in [0.1, 0.15) is 4.21 Å². The lowest BCUT2D eigenvalue weighted by atomic mass is 9.88. The van der Waals surface area contributed by atoms with Crippen molar-refractivity contribution in [1.82, 2.24) is 4.72 Å². The Balaban J connectivity index is 2.08. The van der Waals surface area contributed by atoms with Crippen LogP contribution < -0.4 is 4.72 Å². The van der Waals surface area contributed by atoms with Crippen molar-refractivity contribution in [2.75, 3.05) is 13.2 Å². The maximum absolute atomic E-state index is 12.1. The SMILES string of the molecule is O=S(=O)(NCC1(CO)CCCC1)c1sccc1Br. The van der Waals surface area contributed by atoms with Crippen LogP contribution in [0.4, 0.5) is 0 Å². The van der Waals surface area contributed by atoms with Crippen LogP contribution in [-0.4, -0.2) is 26.7 Å². The second-order valence-corrected chi connectivity index (χ2v) is 8.48. The molecule has 0 saturated heterocycles. The Kier molecular flexibility index (Phi) is 4.48. The van der Waals surface area contributed by atoms with Gasteiger partial charge in [0.05, 0.1) is 0 Å². The zero-order valence-corrected chi connectivity index (χ0v) is 13.1. The molecule has 0 radical (unpaired) electrons. The lowest BCUT2D eigenvalue weighted by molar-refractivity contribution is 0.134. The van der Waals surface area contributed by atoms with Crippen LogP contribution in [0.1, 0.15) is 25.7 Å². The molecular weight excluding hydrogens is 338 g/mol. The topological polar surface area (TPSA) is 66.4 Å². The molecule has 1 saturated carbocycles. The minimum absolute atomic E-state index is 0.0428. The van der Waals surface area contributed by atoms with Crippen LogP contribution in [0.25, 0.3) is 0 Å². The summed E-state index contributed by atoms with van der Waals surface area (Å²) < 4.78 is 27.7. The predicted molar refractivity (Wildman–Crippen MR) is 75.2 cm³/mol. The summed E-state index contributed by atoms with van der Waals surface area (Å²) in [5.41, 5.74) is -0.267. The zero-order valence-electron chi connectivity index (χ0n) is 9.86. The molecule has 1 aliphatic carbocycles. The monoisotopic (exact) mass is 353 g/mol.